The minimum atomic E-state index is -0.232. The fourth-order valence-corrected chi connectivity index (χ4v) is 4.62. The Balaban J connectivity index is 1.50. The Morgan fingerprint density at radius 3 is 2.59 bits per heavy atom. The molecule has 0 saturated carbocycles. The first-order chi connectivity index (χ1) is 18.2. The molecule has 0 aliphatic carbocycles. The quantitative estimate of drug-likeness (QED) is 0.278. The van der Waals surface area contributed by atoms with Gasteiger partial charge in [0, 0.05) is 24.3 Å². The van der Waals surface area contributed by atoms with Crippen LogP contribution in [0.25, 0.3) is 22.5 Å². The second-order valence-corrected chi connectivity index (χ2v) is 9.26. The molecule has 190 valence electrons. The van der Waals surface area contributed by atoms with Gasteiger partial charge in [-0.2, -0.15) is 0 Å². The van der Waals surface area contributed by atoms with Gasteiger partial charge >= 0.3 is 0 Å². The Labute approximate surface area is 217 Å². The number of aromatic amines is 1. The van der Waals surface area contributed by atoms with Crippen molar-refractivity contribution in [3.05, 3.63) is 72.3 Å². The van der Waals surface area contributed by atoms with Crippen LogP contribution in [-0.4, -0.2) is 46.2 Å². The summed E-state index contributed by atoms with van der Waals surface area (Å²) in [7, 11) is 0. The lowest BCUT2D eigenvalue weighted by atomic mass is 10.0. The highest BCUT2D eigenvalue weighted by molar-refractivity contribution is 6.08. The summed E-state index contributed by atoms with van der Waals surface area (Å²) in [5.74, 6) is 0.842. The zero-order valence-electron chi connectivity index (χ0n) is 21.1. The lowest BCUT2D eigenvalue weighted by molar-refractivity contribution is 0.102. The largest absolute Gasteiger partial charge is 0.493 e. The number of rotatable bonds is 9. The molecular weight excluding hydrogens is 464 g/mol. The molecular formula is C29H32N6O2. The van der Waals surface area contributed by atoms with E-state index in [4.69, 9.17) is 4.74 Å². The van der Waals surface area contributed by atoms with E-state index in [0.29, 0.717) is 35.0 Å². The van der Waals surface area contributed by atoms with Gasteiger partial charge in [-0.25, -0.2) is 5.10 Å². The average molecular weight is 497 g/mol. The second-order valence-electron chi connectivity index (χ2n) is 9.26. The summed E-state index contributed by atoms with van der Waals surface area (Å²) in [6, 6.07) is 21.9. The van der Waals surface area contributed by atoms with Crippen LogP contribution >= 0.6 is 0 Å². The summed E-state index contributed by atoms with van der Waals surface area (Å²) in [5, 5.41) is 17.5. The first-order valence-corrected chi connectivity index (χ1v) is 13.0. The van der Waals surface area contributed by atoms with Crippen LogP contribution in [0.4, 0.5) is 11.4 Å². The number of tetrazole rings is 1. The Kier molecular flexibility index (Phi) is 7.74. The van der Waals surface area contributed by atoms with Gasteiger partial charge in [-0.3, -0.25) is 4.79 Å². The summed E-state index contributed by atoms with van der Waals surface area (Å²) >= 11 is 0. The smallest absolute Gasteiger partial charge is 0.259 e. The number of piperidine rings is 1. The molecule has 1 amide bonds. The van der Waals surface area contributed by atoms with Crippen molar-refractivity contribution in [2.75, 3.05) is 29.9 Å². The summed E-state index contributed by atoms with van der Waals surface area (Å²) in [6.07, 6.45) is 5.53. The van der Waals surface area contributed by atoms with Gasteiger partial charge < -0.3 is 15.0 Å². The minimum Gasteiger partial charge on any atom is -0.493 e. The molecule has 1 aromatic heterocycles. The predicted molar refractivity (Wildman–Crippen MR) is 146 cm³/mol. The van der Waals surface area contributed by atoms with Crippen molar-refractivity contribution in [2.24, 2.45) is 0 Å². The van der Waals surface area contributed by atoms with E-state index in [1.807, 2.05) is 60.7 Å². The number of aromatic nitrogens is 4. The minimum absolute atomic E-state index is 0.232. The van der Waals surface area contributed by atoms with Crippen LogP contribution in [0.5, 0.6) is 5.75 Å². The Morgan fingerprint density at radius 2 is 1.84 bits per heavy atom. The van der Waals surface area contributed by atoms with Crippen LogP contribution in [0.1, 0.15) is 49.4 Å². The number of H-pyrrole nitrogens is 1. The maximum absolute atomic E-state index is 13.8. The molecule has 5 rings (SSSR count). The van der Waals surface area contributed by atoms with E-state index in [1.54, 1.807) is 0 Å². The number of nitrogens with one attached hydrogen (secondary N) is 2. The van der Waals surface area contributed by atoms with Gasteiger partial charge in [-0.1, -0.05) is 49.7 Å². The Morgan fingerprint density at radius 1 is 1.00 bits per heavy atom. The van der Waals surface area contributed by atoms with Crippen molar-refractivity contribution in [1.82, 2.24) is 20.6 Å². The van der Waals surface area contributed by atoms with E-state index in [1.165, 1.54) is 6.42 Å². The summed E-state index contributed by atoms with van der Waals surface area (Å²) in [6.45, 7) is 4.69. The van der Waals surface area contributed by atoms with E-state index in [9.17, 15) is 4.79 Å². The van der Waals surface area contributed by atoms with Gasteiger partial charge in [-0.15, -0.1) is 5.10 Å². The number of nitrogens with zero attached hydrogens (tertiary/aromatic N) is 4. The van der Waals surface area contributed by atoms with Crippen molar-refractivity contribution in [2.45, 2.75) is 39.0 Å². The predicted octanol–water partition coefficient (Wildman–Crippen LogP) is 5.96. The molecule has 8 heteroatoms. The highest BCUT2D eigenvalue weighted by atomic mass is 16.5. The summed E-state index contributed by atoms with van der Waals surface area (Å²) in [4.78, 5) is 16.1. The number of anilines is 2. The van der Waals surface area contributed by atoms with Gasteiger partial charge in [0.2, 0.25) is 0 Å². The first-order valence-electron chi connectivity index (χ1n) is 13.0. The van der Waals surface area contributed by atoms with Crippen molar-refractivity contribution >= 4 is 17.3 Å². The van der Waals surface area contributed by atoms with E-state index in [2.05, 4.69) is 43.8 Å². The van der Waals surface area contributed by atoms with Crippen molar-refractivity contribution in [1.29, 1.82) is 0 Å². The Hall–Kier alpha value is -4.20. The lowest BCUT2D eigenvalue weighted by Gasteiger charge is -2.29. The SMILES string of the molecule is CCCCOc1ccc(N2CCCCC2)cc1C(=O)Nc1cc(-c2ccccc2)ccc1-c1nnn[nH]1. The molecule has 2 N–H and O–H groups in total. The number of hydrogen-bond donors (Lipinski definition) is 2. The number of carbonyl (C=O) groups is 1. The van der Waals surface area contributed by atoms with Gasteiger partial charge in [0.25, 0.3) is 5.91 Å². The molecule has 8 nitrogen and oxygen atoms in total. The molecule has 4 aromatic rings. The molecule has 0 unspecified atom stereocenters. The normalized spacial score (nSPS) is 13.4. The maximum Gasteiger partial charge on any atom is 0.259 e. The third-order valence-corrected chi connectivity index (χ3v) is 6.66. The van der Waals surface area contributed by atoms with Crippen LogP contribution in [0, 0.1) is 0 Å². The topological polar surface area (TPSA) is 96.0 Å². The molecule has 0 bridgehead atoms. The fraction of sp³-hybridized carbons (Fsp3) is 0.310. The third-order valence-electron chi connectivity index (χ3n) is 6.66. The number of hydrogen-bond acceptors (Lipinski definition) is 6. The van der Waals surface area contributed by atoms with Crippen LogP contribution < -0.4 is 15.0 Å². The van der Waals surface area contributed by atoms with Crippen LogP contribution in [-0.2, 0) is 0 Å². The van der Waals surface area contributed by atoms with E-state index >= 15 is 0 Å². The molecule has 0 radical (unpaired) electrons. The second kappa shape index (κ2) is 11.7. The Bertz CT molecular complexity index is 1320. The molecule has 0 atom stereocenters. The van der Waals surface area contributed by atoms with Gasteiger partial charge in [0.05, 0.1) is 17.9 Å². The number of benzene rings is 3. The highest BCUT2D eigenvalue weighted by Gasteiger charge is 2.20. The standard InChI is InChI=1S/C29H32N6O2/c1-2-3-18-37-27-15-13-23(35-16-8-5-9-17-35)20-25(27)29(36)30-26-19-22(21-10-6-4-7-11-21)12-14-24(26)28-31-33-34-32-28/h4,6-7,10-15,19-20H,2-3,5,8-9,16-18H2,1H3,(H,30,36)(H,31,32,33,34). The number of carbonyl (C=O) groups excluding carboxylic acids is 1. The molecule has 3 aromatic carbocycles. The van der Waals surface area contributed by atoms with Crippen LogP contribution in [0.2, 0.25) is 0 Å². The molecule has 37 heavy (non-hydrogen) atoms. The number of ether oxygens (including phenoxy) is 1. The first kappa shape index (κ1) is 24.5. The molecule has 1 saturated heterocycles. The van der Waals surface area contributed by atoms with Crippen LogP contribution in [0.15, 0.2) is 66.7 Å². The maximum atomic E-state index is 13.8. The van der Waals surface area contributed by atoms with Crippen molar-refractivity contribution in [3.8, 4) is 28.3 Å². The van der Waals surface area contributed by atoms with Crippen molar-refractivity contribution < 1.29 is 9.53 Å². The zero-order valence-corrected chi connectivity index (χ0v) is 21.1. The van der Waals surface area contributed by atoms with Gasteiger partial charge in [-0.05, 0) is 77.6 Å². The van der Waals surface area contributed by atoms with E-state index in [-0.39, 0.29) is 5.91 Å². The number of unbranched alkanes of at least 4 members (excludes halogenated alkanes) is 1. The summed E-state index contributed by atoms with van der Waals surface area (Å²) < 4.78 is 6.06. The monoisotopic (exact) mass is 496 g/mol. The van der Waals surface area contributed by atoms with Gasteiger partial charge in [0.15, 0.2) is 5.82 Å². The molecule has 1 aliphatic rings. The molecule has 0 spiro atoms. The molecule has 2 heterocycles. The van der Waals surface area contributed by atoms with Crippen LogP contribution in [0.3, 0.4) is 0 Å². The van der Waals surface area contributed by atoms with E-state index in [0.717, 1.165) is 55.6 Å². The highest BCUT2D eigenvalue weighted by Crippen LogP contribution is 2.33. The molecule has 1 aliphatic heterocycles. The van der Waals surface area contributed by atoms with Crippen molar-refractivity contribution in [3.63, 3.8) is 0 Å². The average Bonchev–Trinajstić information content (AvgIpc) is 3.49. The number of amides is 1. The third kappa shape index (κ3) is 5.80. The lowest BCUT2D eigenvalue weighted by Crippen LogP contribution is -2.29. The molecule has 1 fully saturated rings. The fourth-order valence-electron chi connectivity index (χ4n) is 4.62. The zero-order chi connectivity index (χ0) is 25.5. The van der Waals surface area contributed by atoms with E-state index < -0.39 is 0 Å². The van der Waals surface area contributed by atoms with Gasteiger partial charge in [0.1, 0.15) is 5.75 Å². The summed E-state index contributed by atoms with van der Waals surface area (Å²) in [5.41, 5.74) is 4.92.